The van der Waals surface area contributed by atoms with Crippen molar-refractivity contribution in [2.24, 2.45) is 5.14 Å². The lowest BCUT2D eigenvalue weighted by Gasteiger charge is -2.33. The van der Waals surface area contributed by atoms with E-state index >= 15 is 0 Å². The smallest absolute Gasteiger partial charge is 0.238 e. The molecule has 0 aliphatic carbocycles. The average Bonchev–Trinajstić information content (AvgIpc) is 2.29. The maximum Gasteiger partial charge on any atom is 0.238 e. The van der Waals surface area contributed by atoms with Crippen LogP contribution >= 0.6 is 0 Å². The first-order chi connectivity index (χ1) is 9.16. The van der Waals surface area contributed by atoms with Crippen LogP contribution in [0.1, 0.15) is 13.8 Å². The number of sulfonamides is 1. The molecule has 4 N–H and O–H groups in total. The molecule has 1 rings (SSSR count). The highest BCUT2D eigenvalue weighted by Crippen LogP contribution is 2.27. The van der Waals surface area contributed by atoms with Crippen molar-refractivity contribution in [3.05, 3.63) is 18.2 Å². The number of primary sulfonamides is 1. The van der Waals surface area contributed by atoms with Crippen LogP contribution in [0.4, 0.5) is 11.4 Å². The fourth-order valence-corrected chi connectivity index (χ4v) is 2.83. The third-order valence-corrected chi connectivity index (χ3v) is 4.05. The minimum absolute atomic E-state index is 0.0807. The van der Waals surface area contributed by atoms with E-state index in [1.807, 2.05) is 21.0 Å². The highest BCUT2D eigenvalue weighted by atomic mass is 32.2. The Labute approximate surface area is 121 Å². The van der Waals surface area contributed by atoms with E-state index in [0.717, 1.165) is 13.1 Å². The molecular formula is C13H24N4O2S. The highest BCUT2D eigenvalue weighted by molar-refractivity contribution is 7.89. The summed E-state index contributed by atoms with van der Waals surface area (Å²) in [7, 11) is 0.264. The van der Waals surface area contributed by atoms with Crippen LogP contribution in [0.3, 0.4) is 0 Å². The number of anilines is 2. The summed E-state index contributed by atoms with van der Waals surface area (Å²) in [6, 6.07) is 4.76. The molecule has 0 aromatic heterocycles. The number of nitrogens with two attached hydrogens (primary N) is 2. The molecule has 0 saturated heterocycles. The molecule has 114 valence electrons. The first-order valence-corrected chi connectivity index (χ1v) is 8.05. The van der Waals surface area contributed by atoms with E-state index in [2.05, 4.69) is 16.7 Å². The van der Waals surface area contributed by atoms with Gasteiger partial charge in [0.2, 0.25) is 10.0 Å². The Morgan fingerprint density at radius 3 is 2.35 bits per heavy atom. The van der Waals surface area contributed by atoms with E-state index in [-0.39, 0.29) is 10.9 Å². The standard InChI is InChI=1S/C13H24N4O2S/c1-5-17(10(2)9-16(3)4)13-8-11(20(15,18)19)6-7-12(13)14/h6-8,10H,5,9,14H2,1-4H3,(H2,15,18,19). The predicted molar refractivity (Wildman–Crippen MR) is 83.3 cm³/mol. The molecule has 0 aliphatic heterocycles. The lowest BCUT2D eigenvalue weighted by molar-refractivity contribution is 0.373. The van der Waals surface area contributed by atoms with Gasteiger partial charge in [-0.3, -0.25) is 0 Å². The van der Waals surface area contributed by atoms with Crippen molar-refractivity contribution < 1.29 is 8.42 Å². The summed E-state index contributed by atoms with van der Waals surface area (Å²) in [6.45, 7) is 5.65. The molecule has 1 unspecified atom stereocenters. The van der Waals surface area contributed by atoms with Crippen LogP contribution in [0, 0.1) is 0 Å². The Balaban J connectivity index is 3.21. The molecule has 1 aromatic rings. The van der Waals surface area contributed by atoms with Crippen molar-refractivity contribution in [1.29, 1.82) is 0 Å². The van der Waals surface area contributed by atoms with E-state index in [9.17, 15) is 8.42 Å². The van der Waals surface area contributed by atoms with E-state index in [1.54, 1.807) is 12.1 Å². The third kappa shape index (κ3) is 4.09. The van der Waals surface area contributed by atoms with Crippen molar-refractivity contribution in [2.75, 3.05) is 37.8 Å². The number of rotatable bonds is 6. The normalized spacial score (nSPS) is 13.5. The van der Waals surface area contributed by atoms with Gasteiger partial charge in [0.05, 0.1) is 16.3 Å². The molecule has 0 fully saturated rings. The fourth-order valence-electron chi connectivity index (χ4n) is 2.30. The molecule has 1 atom stereocenters. The van der Waals surface area contributed by atoms with Gasteiger partial charge in [0, 0.05) is 19.1 Å². The van der Waals surface area contributed by atoms with Gasteiger partial charge in [-0.15, -0.1) is 0 Å². The van der Waals surface area contributed by atoms with E-state index in [4.69, 9.17) is 10.9 Å². The third-order valence-electron chi connectivity index (χ3n) is 3.14. The van der Waals surface area contributed by atoms with Gasteiger partial charge in [-0.2, -0.15) is 0 Å². The molecular weight excluding hydrogens is 276 g/mol. The lowest BCUT2D eigenvalue weighted by Crippen LogP contribution is -2.40. The number of nitrogens with zero attached hydrogens (tertiary/aromatic N) is 2. The SMILES string of the molecule is CCN(c1cc(S(N)(=O)=O)ccc1N)C(C)CN(C)C. The van der Waals surface area contributed by atoms with Gasteiger partial charge < -0.3 is 15.5 Å². The van der Waals surface area contributed by atoms with Crippen LogP contribution in [0.5, 0.6) is 0 Å². The summed E-state index contributed by atoms with van der Waals surface area (Å²) < 4.78 is 22.9. The minimum atomic E-state index is -3.73. The Hall–Kier alpha value is -1.31. The molecule has 0 bridgehead atoms. The summed E-state index contributed by atoms with van der Waals surface area (Å²) in [5.41, 5.74) is 7.24. The maximum atomic E-state index is 11.5. The van der Waals surface area contributed by atoms with Crippen molar-refractivity contribution in [1.82, 2.24) is 4.90 Å². The number of nitrogen functional groups attached to an aromatic ring is 1. The van der Waals surface area contributed by atoms with Crippen molar-refractivity contribution >= 4 is 21.4 Å². The minimum Gasteiger partial charge on any atom is -0.397 e. The van der Waals surface area contributed by atoms with Crippen LogP contribution in [0.25, 0.3) is 0 Å². The Morgan fingerprint density at radius 1 is 1.30 bits per heavy atom. The molecule has 1 aromatic carbocycles. The number of benzene rings is 1. The zero-order chi connectivity index (χ0) is 15.5. The molecule has 0 radical (unpaired) electrons. The number of hydrogen-bond acceptors (Lipinski definition) is 5. The zero-order valence-corrected chi connectivity index (χ0v) is 13.3. The Morgan fingerprint density at radius 2 is 1.90 bits per heavy atom. The second-order valence-electron chi connectivity index (χ2n) is 5.16. The molecule has 0 amide bonds. The van der Waals surface area contributed by atoms with Crippen LogP contribution in [-0.4, -0.2) is 46.5 Å². The largest absolute Gasteiger partial charge is 0.397 e. The van der Waals surface area contributed by atoms with Gasteiger partial charge in [-0.05, 0) is 46.1 Å². The summed E-state index contributed by atoms with van der Waals surface area (Å²) in [5.74, 6) is 0. The van der Waals surface area contributed by atoms with Gasteiger partial charge in [0.1, 0.15) is 0 Å². The molecule has 0 saturated carbocycles. The van der Waals surface area contributed by atoms with E-state index < -0.39 is 10.0 Å². The Bertz CT molecular complexity index is 557. The van der Waals surface area contributed by atoms with Gasteiger partial charge in [0.15, 0.2) is 0 Å². The molecule has 0 aliphatic rings. The van der Waals surface area contributed by atoms with Crippen molar-refractivity contribution in [2.45, 2.75) is 24.8 Å². The number of likely N-dealkylation sites (N-methyl/N-ethyl adjacent to an activating group) is 2. The summed E-state index contributed by atoms with van der Waals surface area (Å²) in [5, 5.41) is 5.18. The van der Waals surface area contributed by atoms with Crippen LogP contribution in [-0.2, 0) is 10.0 Å². The maximum absolute atomic E-state index is 11.5. The predicted octanol–water partition coefficient (Wildman–Crippen LogP) is 0.693. The van der Waals surface area contributed by atoms with Gasteiger partial charge in [-0.25, -0.2) is 13.6 Å². The molecule has 6 nitrogen and oxygen atoms in total. The lowest BCUT2D eigenvalue weighted by atomic mass is 10.2. The Kier molecular flexibility index (Phi) is 5.38. The zero-order valence-electron chi connectivity index (χ0n) is 12.5. The first-order valence-electron chi connectivity index (χ1n) is 6.50. The van der Waals surface area contributed by atoms with Crippen LogP contribution < -0.4 is 15.8 Å². The number of hydrogen-bond donors (Lipinski definition) is 2. The molecule has 7 heteroatoms. The average molecular weight is 300 g/mol. The van der Waals surface area contributed by atoms with Gasteiger partial charge >= 0.3 is 0 Å². The van der Waals surface area contributed by atoms with Gasteiger partial charge in [-0.1, -0.05) is 0 Å². The van der Waals surface area contributed by atoms with Crippen LogP contribution in [0.15, 0.2) is 23.1 Å². The molecule has 0 heterocycles. The summed E-state index contributed by atoms with van der Waals surface area (Å²) in [6.07, 6.45) is 0. The molecule has 20 heavy (non-hydrogen) atoms. The van der Waals surface area contributed by atoms with Gasteiger partial charge in [0.25, 0.3) is 0 Å². The monoisotopic (exact) mass is 300 g/mol. The van der Waals surface area contributed by atoms with Crippen molar-refractivity contribution in [3.63, 3.8) is 0 Å². The fraction of sp³-hybridized carbons (Fsp3) is 0.538. The summed E-state index contributed by atoms with van der Waals surface area (Å²) in [4.78, 5) is 4.23. The topological polar surface area (TPSA) is 92.7 Å². The second-order valence-corrected chi connectivity index (χ2v) is 6.72. The highest BCUT2D eigenvalue weighted by Gasteiger charge is 2.18. The van der Waals surface area contributed by atoms with E-state index in [0.29, 0.717) is 11.4 Å². The van der Waals surface area contributed by atoms with E-state index in [1.165, 1.54) is 6.07 Å². The first kappa shape index (κ1) is 16.7. The summed E-state index contributed by atoms with van der Waals surface area (Å²) >= 11 is 0. The second kappa shape index (κ2) is 6.43. The van der Waals surface area contributed by atoms with Crippen LogP contribution in [0.2, 0.25) is 0 Å². The quantitative estimate of drug-likeness (QED) is 0.754. The van der Waals surface area contributed by atoms with Crippen molar-refractivity contribution in [3.8, 4) is 0 Å². The molecule has 0 spiro atoms.